The second-order valence-electron chi connectivity index (χ2n) is 5.83. The first-order valence-electron chi connectivity index (χ1n) is 7.86. The van der Waals surface area contributed by atoms with Gasteiger partial charge in [0.25, 0.3) is 0 Å². The minimum absolute atomic E-state index is 0.130. The summed E-state index contributed by atoms with van der Waals surface area (Å²) >= 11 is 0. The lowest BCUT2D eigenvalue weighted by Crippen LogP contribution is -2.56. The Kier molecular flexibility index (Phi) is 5.48. The van der Waals surface area contributed by atoms with E-state index in [1.54, 1.807) is 0 Å². The fraction of sp³-hybridized carbons (Fsp3) is 0.933. The molecule has 0 radical (unpaired) electrons. The van der Waals surface area contributed by atoms with Crippen LogP contribution in [0.25, 0.3) is 0 Å². The summed E-state index contributed by atoms with van der Waals surface area (Å²) in [6.07, 6.45) is 11.1. The Morgan fingerprint density at radius 1 is 1.17 bits per heavy atom. The third-order valence-electron chi connectivity index (χ3n) is 4.42. The van der Waals surface area contributed by atoms with Crippen LogP contribution >= 0.6 is 0 Å². The number of carbonyl (C=O) groups excluding carboxylic acids is 1. The fourth-order valence-electron chi connectivity index (χ4n) is 3.07. The molecule has 1 saturated carbocycles. The Balaban J connectivity index is 1.95. The van der Waals surface area contributed by atoms with Crippen molar-refractivity contribution >= 4 is 5.91 Å². The molecule has 2 fully saturated rings. The maximum Gasteiger partial charge on any atom is 0.240 e. The molecule has 3 heteroatoms. The van der Waals surface area contributed by atoms with Crippen molar-refractivity contribution in [2.75, 3.05) is 13.1 Å². The summed E-state index contributed by atoms with van der Waals surface area (Å²) in [5.74, 6) is 0.376. The van der Waals surface area contributed by atoms with Crippen LogP contribution in [0.2, 0.25) is 0 Å². The van der Waals surface area contributed by atoms with Gasteiger partial charge in [0.15, 0.2) is 0 Å². The summed E-state index contributed by atoms with van der Waals surface area (Å²) in [7, 11) is 0. The Labute approximate surface area is 111 Å². The molecular formula is C15H28N2O. The Morgan fingerprint density at radius 3 is 2.33 bits per heavy atom. The molecule has 1 heterocycles. The first-order valence-corrected chi connectivity index (χ1v) is 7.86. The van der Waals surface area contributed by atoms with E-state index >= 15 is 0 Å². The molecule has 0 aromatic rings. The molecule has 3 nitrogen and oxygen atoms in total. The zero-order chi connectivity index (χ0) is 12.8. The Hall–Kier alpha value is -0.570. The highest BCUT2D eigenvalue weighted by Crippen LogP contribution is 2.24. The second kappa shape index (κ2) is 7.13. The minimum Gasteiger partial charge on any atom is -0.338 e. The average molecular weight is 252 g/mol. The third kappa shape index (κ3) is 3.47. The molecule has 0 aromatic heterocycles. The summed E-state index contributed by atoms with van der Waals surface area (Å²) in [5, 5.41) is 3.27. The van der Waals surface area contributed by atoms with E-state index in [1.807, 2.05) is 0 Å². The topological polar surface area (TPSA) is 32.3 Å². The molecule has 2 rings (SSSR count). The van der Waals surface area contributed by atoms with Crippen molar-refractivity contribution in [2.24, 2.45) is 0 Å². The summed E-state index contributed by atoms with van der Waals surface area (Å²) < 4.78 is 0. The lowest BCUT2D eigenvalue weighted by atomic mass is 10.0. The van der Waals surface area contributed by atoms with E-state index in [2.05, 4.69) is 17.1 Å². The molecule has 0 aromatic carbocycles. The number of hydrogen-bond donors (Lipinski definition) is 1. The van der Waals surface area contributed by atoms with Gasteiger partial charge in [-0.25, -0.2) is 0 Å². The van der Waals surface area contributed by atoms with Crippen LogP contribution in [0.1, 0.15) is 64.7 Å². The molecule has 18 heavy (non-hydrogen) atoms. The number of amides is 1. The minimum atomic E-state index is 0.130. The van der Waals surface area contributed by atoms with Crippen molar-refractivity contribution < 1.29 is 4.79 Å². The maximum absolute atomic E-state index is 12.5. The SMILES string of the molecule is CCCCN(C(=O)C1CCN1)C1CCCCCC1. The molecule has 0 bridgehead atoms. The van der Waals surface area contributed by atoms with Crippen molar-refractivity contribution in [2.45, 2.75) is 76.8 Å². The zero-order valence-electron chi connectivity index (χ0n) is 11.8. The van der Waals surface area contributed by atoms with Crippen LogP contribution in [0.4, 0.5) is 0 Å². The molecule has 104 valence electrons. The van der Waals surface area contributed by atoms with Crippen LogP contribution in [-0.4, -0.2) is 36.0 Å². The molecule has 1 N–H and O–H groups in total. The number of carbonyl (C=O) groups is 1. The van der Waals surface area contributed by atoms with Gasteiger partial charge in [0, 0.05) is 12.6 Å². The van der Waals surface area contributed by atoms with Crippen LogP contribution < -0.4 is 5.32 Å². The largest absolute Gasteiger partial charge is 0.338 e. The molecule has 1 saturated heterocycles. The van der Waals surface area contributed by atoms with Gasteiger partial charge in [0.1, 0.15) is 0 Å². The summed E-state index contributed by atoms with van der Waals surface area (Å²) in [5.41, 5.74) is 0. The van der Waals surface area contributed by atoms with Gasteiger partial charge in [0.05, 0.1) is 6.04 Å². The van der Waals surface area contributed by atoms with E-state index in [1.165, 1.54) is 44.9 Å². The maximum atomic E-state index is 12.5. The predicted molar refractivity (Wildman–Crippen MR) is 74.5 cm³/mol. The van der Waals surface area contributed by atoms with Crippen molar-refractivity contribution in [3.05, 3.63) is 0 Å². The van der Waals surface area contributed by atoms with Crippen LogP contribution in [0.5, 0.6) is 0 Å². The highest BCUT2D eigenvalue weighted by atomic mass is 16.2. The van der Waals surface area contributed by atoms with Gasteiger partial charge in [-0.15, -0.1) is 0 Å². The molecule has 1 atom stereocenters. The summed E-state index contributed by atoms with van der Waals surface area (Å²) in [4.78, 5) is 14.7. The van der Waals surface area contributed by atoms with Crippen LogP contribution in [-0.2, 0) is 4.79 Å². The van der Waals surface area contributed by atoms with Gasteiger partial charge < -0.3 is 10.2 Å². The van der Waals surface area contributed by atoms with Gasteiger partial charge in [-0.1, -0.05) is 39.0 Å². The number of rotatable bonds is 5. The normalized spacial score (nSPS) is 25.3. The van der Waals surface area contributed by atoms with Gasteiger partial charge >= 0.3 is 0 Å². The molecule has 1 unspecified atom stereocenters. The summed E-state index contributed by atoms with van der Waals surface area (Å²) in [6, 6.07) is 0.652. The van der Waals surface area contributed by atoms with Crippen LogP contribution in [0.15, 0.2) is 0 Å². The van der Waals surface area contributed by atoms with Crippen molar-refractivity contribution in [1.29, 1.82) is 0 Å². The van der Waals surface area contributed by atoms with E-state index in [0.29, 0.717) is 11.9 Å². The molecule has 2 aliphatic rings. The second-order valence-corrected chi connectivity index (χ2v) is 5.83. The number of hydrogen-bond acceptors (Lipinski definition) is 2. The Bertz CT molecular complexity index is 255. The van der Waals surface area contributed by atoms with Crippen molar-refractivity contribution in [1.82, 2.24) is 10.2 Å². The van der Waals surface area contributed by atoms with E-state index in [4.69, 9.17) is 0 Å². The molecular weight excluding hydrogens is 224 g/mol. The number of nitrogens with zero attached hydrogens (tertiary/aromatic N) is 1. The highest BCUT2D eigenvalue weighted by molar-refractivity contribution is 5.83. The third-order valence-corrected chi connectivity index (χ3v) is 4.42. The van der Waals surface area contributed by atoms with Crippen molar-refractivity contribution in [3.8, 4) is 0 Å². The smallest absolute Gasteiger partial charge is 0.240 e. The van der Waals surface area contributed by atoms with Gasteiger partial charge in [-0.2, -0.15) is 0 Å². The number of unbranched alkanes of at least 4 members (excludes halogenated alkanes) is 1. The molecule has 1 aliphatic carbocycles. The lowest BCUT2D eigenvalue weighted by Gasteiger charge is -2.37. The first-order chi connectivity index (χ1) is 8.83. The lowest BCUT2D eigenvalue weighted by molar-refractivity contribution is -0.138. The Morgan fingerprint density at radius 2 is 1.83 bits per heavy atom. The first kappa shape index (κ1) is 13.9. The van der Waals surface area contributed by atoms with E-state index < -0.39 is 0 Å². The van der Waals surface area contributed by atoms with Crippen LogP contribution in [0, 0.1) is 0 Å². The molecule has 1 amide bonds. The van der Waals surface area contributed by atoms with Gasteiger partial charge in [-0.3, -0.25) is 4.79 Å². The van der Waals surface area contributed by atoms with E-state index in [-0.39, 0.29) is 6.04 Å². The standard InChI is InChI=1S/C15H28N2O/c1-2-3-12-17(15(18)14-10-11-16-14)13-8-6-4-5-7-9-13/h13-14,16H,2-12H2,1H3. The van der Waals surface area contributed by atoms with Crippen LogP contribution in [0.3, 0.4) is 0 Å². The van der Waals surface area contributed by atoms with Crippen molar-refractivity contribution in [3.63, 3.8) is 0 Å². The van der Waals surface area contributed by atoms with Gasteiger partial charge in [-0.05, 0) is 32.2 Å². The van der Waals surface area contributed by atoms with Gasteiger partial charge in [0.2, 0.25) is 5.91 Å². The predicted octanol–water partition coefficient (Wildman–Crippen LogP) is 2.70. The highest BCUT2D eigenvalue weighted by Gasteiger charge is 2.32. The van der Waals surface area contributed by atoms with E-state index in [0.717, 1.165) is 25.9 Å². The zero-order valence-corrected chi connectivity index (χ0v) is 11.8. The summed E-state index contributed by atoms with van der Waals surface area (Å²) in [6.45, 7) is 4.19. The fourth-order valence-corrected chi connectivity index (χ4v) is 3.07. The van der Waals surface area contributed by atoms with E-state index in [9.17, 15) is 4.79 Å². The molecule has 0 spiro atoms. The monoisotopic (exact) mass is 252 g/mol. The average Bonchev–Trinajstić information content (AvgIpc) is 2.56. The quantitative estimate of drug-likeness (QED) is 0.763. The number of nitrogens with one attached hydrogen (secondary N) is 1. The molecule has 1 aliphatic heterocycles.